The predicted molar refractivity (Wildman–Crippen MR) is 98.5 cm³/mol. The average molecular weight is 358 g/mol. The van der Waals surface area contributed by atoms with Gasteiger partial charge in [-0.15, -0.1) is 0 Å². The van der Waals surface area contributed by atoms with Crippen LogP contribution in [0.2, 0.25) is 5.02 Å². The molecule has 1 saturated heterocycles. The van der Waals surface area contributed by atoms with Crippen molar-refractivity contribution in [1.29, 1.82) is 0 Å². The first-order chi connectivity index (χ1) is 12.1. The molecule has 1 fully saturated rings. The Labute approximate surface area is 152 Å². The van der Waals surface area contributed by atoms with Crippen LogP contribution in [0.4, 0.5) is 10.5 Å². The Hall–Kier alpha value is -2.53. The number of halogens is 1. The van der Waals surface area contributed by atoms with E-state index in [1.165, 1.54) is 0 Å². The summed E-state index contributed by atoms with van der Waals surface area (Å²) in [6.45, 7) is 1.02. The number of benzene rings is 2. The van der Waals surface area contributed by atoms with E-state index in [9.17, 15) is 9.59 Å². The summed E-state index contributed by atoms with van der Waals surface area (Å²) in [7, 11) is 0. The average Bonchev–Trinajstić information content (AvgIpc) is 3.10. The summed E-state index contributed by atoms with van der Waals surface area (Å²) < 4.78 is 0. The molecule has 0 bridgehead atoms. The molecule has 5 nitrogen and oxygen atoms in total. The predicted octanol–water partition coefficient (Wildman–Crippen LogP) is 3.65. The van der Waals surface area contributed by atoms with Crippen LogP contribution in [-0.2, 0) is 11.3 Å². The number of urea groups is 1. The fourth-order valence-electron chi connectivity index (χ4n) is 2.95. The van der Waals surface area contributed by atoms with Crippen molar-refractivity contribution in [3.05, 3.63) is 65.2 Å². The van der Waals surface area contributed by atoms with Gasteiger partial charge in [-0.1, -0.05) is 48.0 Å². The molecule has 1 aliphatic heterocycles. The third-order valence-electron chi connectivity index (χ3n) is 4.20. The van der Waals surface area contributed by atoms with Crippen molar-refractivity contribution >= 4 is 29.2 Å². The molecule has 3 rings (SSSR count). The van der Waals surface area contributed by atoms with Crippen molar-refractivity contribution in [3.8, 4) is 0 Å². The summed E-state index contributed by atoms with van der Waals surface area (Å²) in [5.74, 6) is -0.123. The number of amides is 3. The molecule has 6 heteroatoms. The molecule has 1 aliphatic rings. The molecule has 25 heavy (non-hydrogen) atoms. The highest BCUT2D eigenvalue weighted by atomic mass is 35.5. The van der Waals surface area contributed by atoms with E-state index in [0.717, 1.165) is 12.0 Å². The molecule has 0 radical (unpaired) electrons. The molecular weight excluding hydrogens is 338 g/mol. The maximum Gasteiger partial charge on any atom is 0.322 e. The van der Waals surface area contributed by atoms with Crippen molar-refractivity contribution in [1.82, 2.24) is 10.2 Å². The van der Waals surface area contributed by atoms with E-state index in [-0.39, 0.29) is 11.9 Å². The van der Waals surface area contributed by atoms with Gasteiger partial charge in [0.25, 0.3) is 0 Å². The number of carbonyl (C=O) groups excluding carboxylic acids is 2. The van der Waals surface area contributed by atoms with Crippen LogP contribution < -0.4 is 10.6 Å². The Morgan fingerprint density at radius 2 is 1.92 bits per heavy atom. The van der Waals surface area contributed by atoms with Crippen LogP contribution in [0.25, 0.3) is 0 Å². The summed E-state index contributed by atoms with van der Waals surface area (Å²) in [5, 5.41) is 6.28. The SMILES string of the molecule is O=C(NCc1ccccc1)[C@H]1CCCN1C(=O)Nc1cccc(Cl)c1. The summed E-state index contributed by atoms with van der Waals surface area (Å²) in [4.78, 5) is 26.6. The number of rotatable bonds is 4. The van der Waals surface area contributed by atoms with Crippen LogP contribution in [0.3, 0.4) is 0 Å². The van der Waals surface area contributed by atoms with Gasteiger partial charge in [0.05, 0.1) is 0 Å². The molecule has 0 unspecified atom stereocenters. The van der Waals surface area contributed by atoms with E-state index in [0.29, 0.717) is 30.2 Å². The van der Waals surface area contributed by atoms with Crippen LogP contribution in [0.15, 0.2) is 54.6 Å². The maximum atomic E-state index is 12.5. The van der Waals surface area contributed by atoms with Crippen molar-refractivity contribution in [2.75, 3.05) is 11.9 Å². The van der Waals surface area contributed by atoms with Gasteiger partial charge < -0.3 is 15.5 Å². The van der Waals surface area contributed by atoms with E-state index in [2.05, 4.69) is 10.6 Å². The first-order valence-electron chi connectivity index (χ1n) is 8.28. The summed E-state index contributed by atoms with van der Waals surface area (Å²) in [6.07, 6.45) is 1.48. The quantitative estimate of drug-likeness (QED) is 0.877. The van der Waals surface area contributed by atoms with Gasteiger partial charge in [-0.25, -0.2) is 4.79 Å². The molecule has 1 atom stereocenters. The highest BCUT2D eigenvalue weighted by molar-refractivity contribution is 6.30. The van der Waals surface area contributed by atoms with Crippen molar-refractivity contribution in [2.24, 2.45) is 0 Å². The van der Waals surface area contributed by atoms with Gasteiger partial charge in [0, 0.05) is 23.8 Å². The van der Waals surface area contributed by atoms with Crippen LogP contribution >= 0.6 is 11.6 Å². The molecular formula is C19H20ClN3O2. The number of anilines is 1. The molecule has 2 aromatic carbocycles. The lowest BCUT2D eigenvalue weighted by Gasteiger charge is -2.24. The zero-order chi connectivity index (χ0) is 17.6. The first-order valence-corrected chi connectivity index (χ1v) is 8.66. The van der Waals surface area contributed by atoms with E-state index in [4.69, 9.17) is 11.6 Å². The molecule has 0 saturated carbocycles. The largest absolute Gasteiger partial charge is 0.350 e. The highest BCUT2D eigenvalue weighted by Crippen LogP contribution is 2.20. The Kier molecular flexibility index (Phi) is 5.56. The minimum Gasteiger partial charge on any atom is -0.350 e. The summed E-state index contributed by atoms with van der Waals surface area (Å²) in [5.41, 5.74) is 1.65. The molecule has 0 spiro atoms. The van der Waals surface area contributed by atoms with E-state index >= 15 is 0 Å². The van der Waals surface area contributed by atoms with Gasteiger partial charge >= 0.3 is 6.03 Å². The second-order valence-corrected chi connectivity index (χ2v) is 6.43. The zero-order valence-corrected chi connectivity index (χ0v) is 14.5. The highest BCUT2D eigenvalue weighted by Gasteiger charge is 2.34. The number of carbonyl (C=O) groups is 2. The molecule has 1 heterocycles. The number of hydrogen-bond acceptors (Lipinski definition) is 2. The minimum absolute atomic E-state index is 0.123. The van der Waals surface area contributed by atoms with Crippen LogP contribution in [0, 0.1) is 0 Å². The molecule has 0 aliphatic carbocycles. The Bertz CT molecular complexity index is 751. The Morgan fingerprint density at radius 1 is 1.12 bits per heavy atom. The van der Waals surface area contributed by atoms with Crippen LogP contribution in [0.1, 0.15) is 18.4 Å². The summed E-state index contributed by atoms with van der Waals surface area (Å²) in [6, 6.07) is 16.0. The van der Waals surface area contributed by atoms with Crippen LogP contribution in [-0.4, -0.2) is 29.4 Å². The maximum absolute atomic E-state index is 12.5. The Morgan fingerprint density at radius 3 is 2.68 bits per heavy atom. The number of likely N-dealkylation sites (tertiary alicyclic amines) is 1. The normalized spacial score (nSPS) is 16.5. The van der Waals surface area contributed by atoms with Crippen LogP contribution in [0.5, 0.6) is 0 Å². The smallest absolute Gasteiger partial charge is 0.322 e. The number of nitrogens with one attached hydrogen (secondary N) is 2. The van der Waals surface area contributed by atoms with Crippen molar-refractivity contribution in [3.63, 3.8) is 0 Å². The second kappa shape index (κ2) is 8.03. The lowest BCUT2D eigenvalue weighted by atomic mass is 10.2. The van der Waals surface area contributed by atoms with Crippen molar-refractivity contribution < 1.29 is 9.59 Å². The molecule has 0 aromatic heterocycles. The van der Waals surface area contributed by atoms with Gasteiger partial charge in [-0.2, -0.15) is 0 Å². The van der Waals surface area contributed by atoms with Gasteiger partial charge in [0.2, 0.25) is 5.91 Å². The molecule has 2 N–H and O–H groups in total. The zero-order valence-electron chi connectivity index (χ0n) is 13.7. The lowest BCUT2D eigenvalue weighted by molar-refractivity contribution is -0.124. The van der Waals surface area contributed by atoms with E-state index in [1.807, 2.05) is 30.3 Å². The van der Waals surface area contributed by atoms with E-state index < -0.39 is 6.04 Å². The third kappa shape index (κ3) is 4.51. The molecule has 130 valence electrons. The lowest BCUT2D eigenvalue weighted by Crippen LogP contribution is -2.47. The minimum atomic E-state index is -0.442. The van der Waals surface area contributed by atoms with Crippen molar-refractivity contribution in [2.45, 2.75) is 25.4 Å². The third-order valence-corrected chi connectivity index (χ3v) is 4.44. The van der Waals surface area contributed by atoms with Gasteiger partial charge in [-0.3, -0.25) is 4.79 Å². The van der Waals surface area contributed by atoms with Gasteiger partial charge in [0.15, 0.2) is 0 Å². The fourth-order valence-corrected chi connectivity index (χ4v) is 3.14. The first kappa shape index (κ1) is 17.3. The topological polar surface area (TPSA) is 61.4 Å². The van der Waals surface area contributed by atoms with E-state index in [1.54, 1.807) is 29.2 Å². The summed E-state index contributed by atoms with van der Waals surface area (Å²) >= 11 is 5.94. The number of nitrogens with zero attached hydrogens (tertiary/aromatic N) is 1. The standard InChI is InChI=1S/C19H20ClN3O2/c20-15-8-4-9-16(12-15)22-19(25)23-11-5-10-17(23)18(24)21-13-14-6-2-1-3-7-14/h1-4,6-9,12,17H,5,10-11,13H2,(H,21,24)(H,22,25)/t17-/m1/s1. The van der Waals surface area contributed by atoms with Gasteiger partial charge in [0.1, 0.15) is 6.04 Å². The second-order valence-electron chi connectivity index (χ2n) is 6.00. The fraction of sp³-hybridized carbons (Fsp3) is 0.263. The molecule has 3 amide bonds. The monoisotopic (exact) mass is 357 g/mol. The molecule has 2 aromatic rings. The Balaban J connectivity index is 1.59. The van der Waals surface area contributed by atoms with Gasteiger partial charge in [-0.05, 0) is 36.6 Å². The number of hydrogen-bond donors (Lipinski definition) is 2.